The van der Waals surface area contributed by atoms with Crippen molar-refractivity contribution in [1.29, 1.82) is 0 Å². The largest absolute Gasteiger partial charge is 0.494 e. The van der Waals surface area contributed by atoms with Crippen molar-refractivity contribution in [3.63, 3.8) is 0 Å². The number of hydrogen-bond acceptors (Lipinski definition) is 3. The van der Waals surface area contributed by atoms with Crippen molar-refractivity contribution in [2.24, 2.45) is 5.10 Å². The molecular weight excluding hydrogens is 270 g/mol. The van der Waals surface area contributed by atoms with Crippen LogP contribution in [-0.4, -0.2) is 24.0 Å². The number of nitrogens with one attached hydrogen (secondary N) is 2. The molecule has 0 spiro atoms. The van der Waals surface area contributed by atoms with Crippen LogP contribution in [0, 0.1) is 0 Å². The van der Waals surface area contributed by atoms with E-state index >= 15 is 0 Å². The van der Waals surface area contributed by atoms with Crippen molar-refractivity contribution in [3.8, 4) is 5.75 Å². The molecule has 1 aromatic carbocycles. The Labute approximate surface area is 126 Å². The van der Waals surface area contributed by atoms with Gasteiger partial charge in [-0.2, -0.15) is 5.10 Å². The van der Waals surface area contributed by atoms with Gasteiger partial charge in [-0.05, 0) is 62.3 Å². The number of unbranched alkanes of at least 4 members (excludes halogenated alkanes) is 1. The highest BCUT2D eigenvalue weighted by molar-refractivity contribution is 7.80. The van der Waals surface area contributed by atoms with Gasteiger partial charge in [0.05, 0.1) is 12.8 Å². The maximum absolute atomic E-state index is 5.60. The molecule has 0 heterocycles. The van der Waals surface area contributed by atoms with E-state index in [1.807, 2.05) is 38.1 Å². The highest BCUT2D eigenvalue weighted by atomic mass is 32.1. The molecule has 0 fully saturated rings. The monoisotopic (exact) mass is 293 g/mol. The number of benzene rings is 1. The van der Waals surface area contributed by atoms with E-state index in [-0.39, 0.29) is 0 Å². The van der Waals surface area contributed by atoms with E-state index in [0.717, 1.165) is 30.8 Å². The van der Waals surface area contributed by atoms with Gasteiger partial charge in [0.25, 0.3) is 0 Å². The van der Waals surface area contributed by atoms with Gasteiger partial charge in [0.1, 0.15) is 5.75 Å². The number of thiocarbonyl (C=S) groups is 1. The van der Waals surface area contributed by atoms with Gasteiger partial charge in [-0.3, -0.25) is 5.43 Å². The van der Waals surface area contributed by atoms with Crippen LogP contribution in [0.4, 0.5) is 0 Å². The zero-order chi connectivity index (χ0) is 14.8. The maximum atomic E-state index is 5.60. The smallest absolute Gasteiger partial charge is 0.187 e. The average molecular weight is 293 g/mol. The van der Waals surface area contributed by atoms with Crippen molar-refractivity contribution >= 4 is 23.5 Å². The van der Waals surface area contributed by atoms with Crippen LogP contribution in [0.25, 0.3) is 0 Å². The van der Waals surface area contributed by atoms with Crippen molar-refractivity contribution in [2.75, 3.05) is 6.61 Å². The van der Waals surface area contributed by atoms with E-state index in [9.17, 15) is 0 Å². The highest BCUT2D eigenvalue weighted by Crippen LogP contribution is 2.11. The fourth-order valence-corrected chi connectivity index (χ4v) is 1.73. The summed E-state index contributed by atoms with van der Waals surface area (Å²) in [5.41, 5.74) is 3.77. The summed E-state index contributed by atoms with van der Waals surface area (Å²) in [6, 6.07) is 8.12. The van der Waals surface area contributed by atoms with Gasteiger partial charge in [-0.25, -0.2) is 0 Å². The maximum Gasteiger partial charge on any atom is 0.187 e. The molecule has 5 heteroatoms. The number of hydrazone groups is 1. The molecule has 0 aliphatic carbocycles. The van der Waals surface area contributed by atoms with Crippen LogP contribution < -0.4 is 15.5 Å². The lowest BCUT2D eigenvalue weighted by Crippen LogP contribution is -2.36. The van der Waals surface area contributed by atoms with E-state index in [0.29, 0.717) is 11.2 Å². The molecule has 0 aliphatic rings. The molecule has 0 amide bonds. The average Bonchev–Trinajstić information content (AvgIpc) is 2.40. The number of hydrogen-bond donors (Lipinski definition) is 2. The van der Waals surface area contributed by atoms with E-state index in [4.69, 9.17) is 17.0 Å². The predicted octanol–water partition coefficient (Wildman–Crippen LogP) is 3.07. The summed E-state index contributed by atoms with van der Waals surface area (Å²) in [7, 11) is 0. The Morgan fingerprint density at radius 3 is 2.65 bits per heavy atom. The fourth-order valence-electron chi connectivity index (χ4n) is 1.44. The minimum Gasteiger partial charge on any atom is -0.494 e. The highest BCUT2D eigenvalue weighted by Gasteiger charge is 1.96. The molecule has 0 unspecified atom stereocenters. The predicted molar refractivity (Wildman–Crippen MR) is 88.4 cm³/mol. The first-order chi connectivity index (χ1) is 9.61. The third kappa shape index (κ3) is 7.09. The first kappa shape index (κ1) is 16.4. The quantitative estimate of drug-likeness (QED) is 0.351. The Hall–Kier alpha value is -1.62. The molecule has 0 radical (unpaired) electrons. The second-order valence-electron chi connectivity index (χ2n) is 4.77. The Morgan fingerprint density at radius 2 is 2.05 bits per heavy atom. The Morgan fingerprint density at radius 1 is 1.35 bits per heavy atom. The number of ether oxygens (including phenoxy) is 1. The number of rotatable bonds is 7. The lowest BCUT2D eigenvalue weighted by molar-refractivity contribution is 0.309. The SMILES string of the molecule is CCCCOc1ccc(/C=N/NC(=S)NC(C)C)cc1. The summed E-state index contributed by atoms with van der Waals surface area (Å²) in [4.78, 5) is 0. The van der Waals surface area contributed by atoms with Crippen LogP contribution in [0.1, 0.15) is 39.2 Å². The van der Waals surface area contributed by atoms with Crippen molar-refractivity contribution < 1.29 is 4.74 Å². The topological polar surface area (TPSA) is 45.6 Å². The van der Waals surface area contributed by atoms with Crippen molar-refractivity contribution in [3.05, 3.63) is 29.8 Å². The minimum atomic E-state index is 0.296. The number of nitrogens with zero attached hydrogens (tertiary/aromatic N) is 1. The summed E-state index contributed by atoms with van der Waals surface area (Å²) >= 11 is 5.07. The van der Waals surface area contributed by atoms with Crippen LogP contribution in [0.3, 0.4) is 0 Å². The first-order valence-electron chi connectivity index (χ1n) is 6.94. The van der Waals surface area contributed by atoms with E-state index in [1.165, 1.54) is 0 Å². The summed E-state index contributed by atoms with van der Waals surface area (Å²) in [5, 5.41) is 7.66. The van der Waals surface area contributed by atoms with Gasteiger partial charge >= 0.3 is 0 Å². The molecule has 20 heavy (non-hydrogen) atoms. The molecule has 2 N–H and O–H groups in total. The van der Waals surface area contributed by atoms with Gasteiger partial charge in [0, 0.05) is 6.04 Å². The van der Waals surface area contributed by atoms with E-state index in [1.54, 1.807) is 6.21 Å². The fraction of sp³-hybridized carbons (Fsp3) is 0.467. The summed E-state index contributed by atoms with van der Waals surface area (Å²) in [6.45, 7) is 6.96. The van der Waals surface area contributed by atoms with Gasteiger partial charge in [0.2, 0.25) is 0 Å². The molecular formula is C15H23N3OS. The molecule has 110 valence electrons. The van der Waals surface area contributed by atoms with E-state index < -0.39 is 0 Å². The zero-order valence-electron chi connectivity index (χ0n) is 12.3. The Kier molecular flexibility index (Phi) is 7.65. The van der Waals surface area contributed by atoms with Crippen LogP contribution in [-0.2, 0) is 0 Å². The van der Waals surface area contributed by atoms with Crippen LogP contribution in [0.5, 0.6) is 5.75 Å². The van der Waals surface area contributed by atoms with Crippen LogP contribution in [0.15, 0.2) is 29.4 Å². The van der Waals surface area contributed by atoms with Gasteiger partial charge in [-0.1, -0.05) is 13.3 Å². The lowest BCUT2D eigenvalue weighted by atomic mass is 10.2. The summed E-state index contributed by atoms with van der Waals surface area (Å²) < 4.78 is 5.60. The second-order valence-corrected chi connectivity index (χ2v) is 5.18. The Balaban J connectivity index is 2.38. The minimum absolute atomic E-state index is 0.296. The summed E-state index contributed by atoms with van der Waals surface area (Å²) in [5.74, 6) is 0.889. The van der Waals surface area contributed by atoms with Gasteiger partial charge < -0.3 is 10.1 Å². The molecule has 1 aromatic rings. The standard InChI is InChI=1S/C15H23N3OS/c1-4-5-10-19-14-8-6-13(7-9-14)11-16-18-15(20)17-12(2)3/h6-9,11-12H,4-5,10H2,1-3H3,(H2,17,18,20)/b16-11+. The van der Waals surface area contributed by atoms with E-state index in [2.05, 4.69) is 22.8 Å². The lowest BCUT2D eigenvalue weighted by Gasteiger charge is -2.09. The third-order valence-corrected chi connectivity index (χ3v) is 2.66. The van der Waals surface area contributed by atoms with Crippen LogP contribution in [0.2, 0.25) is 0 Å². The normalized spacial score (nSPS) is 10.8. The van der Waals surface area contributed by atoms with Crippen molar-refractivity contribution in [1.82, 2.24) is 10.7 Å². The van der Waals surface area contributed by atoms with Crippen molar-refractivity contribution in [2.45, 2.75) is 39.7 Å². The molecule has 0 atom stereocenters. The molecule has 4 nitrogen and oxygen atoms in total. The second kappa shape index (κ2) is 9.31. The Bertz CT molecular complexity index is 429. The molecule has 0 saturated carbocycles. The molecule has 1 rings (SSSR count). The zero-order valence-corrected chi connectivity index (χ0v) is 13.2. The van der Waals surface area contributed by atoms with Gasteiger partial charge in [-0.15, -0.1) is 0 Å². The third-order valence-electron chi connectivity index (χ3n) is 2.45. The molecule has 0 aliphatic heterocycles. The summed E-state index contributed by atoms with van der Waals surface area (Å²) in [6.07, 6.45) is 3.94. The molecule has 0 saturated heterocycles. The molecule has 0 bridgehead atoms. The van der Waals surface area contributed by atoms with Gasteiger partial charge in [0.15, 0.2) is 5.11 Å². The molecule has 0 aromatic heterocycles. The van der Waals surface area contributed by atoms with Crippen LogP contribution >= 0.6 is 12.2 Å². The first-order valence-corrected chi connectivity index (χ1v) is 7.35.